The van der Waals surface area contributed by atoms with Crippen LogP contribution < -0.4 is 0 Å². The molecule has 2 rings (SSSR count). The van der Waals surface area contributed by atoms with Crippen LogP contribution in [0.5, 0.6) is 0 Å². The lowest BCUT2D eigenvalue weighted by molar-refractivity contribution is 0.102. The Morgan fingerprint density at radius 3 is 2.37 bits per heavy atom. The van der Waals surface area contributed by atoms with E-state index in [2.05, 4.69) is 15.9 Å². The van der Waals surface area contributed by atoms with Gasteiger partial charge in [-0.25, -0.2) is 13.2 Å². The Hall–Kier alpha value is -1.62. The van der Waals surface area contributed by atoms with E-state index in [1.165, 1.54) is 25.1 Å². The summed E-state index contributed by atoms with van der Waals surface area (Å²) in [6.07, 6.45) is 0. The number of hydrogen-bond acceptors (Lipinski definition) is 1. The maximum absolute atomic E-state index is 13.8. The van der Waals surface area contributed by atoms with Crippen molar-refractivity contribution in [3.05, 3.63) is 68.9 Å². The number of hydrogen-bond donors (Lipinski definition) is 0. The van der Waals surface area contributed by atoms with Gasteiger partial charge in [-0.3, -0.25) is 4.79 Å². The van der Waals surface area contributed by atoms with Crippen molar-refractivity contribution in [2.45, 2.75) is 6.92 Å². The van der Waals surface area contributed by atoms with Crippen LogP contribution in [-0.2, 0) is 0 Å². The van der Waals surface area contributed by atoms with E-state index in [0.717, 1.165) is 12.1 Å². The molecule has 0 bridgehead atoms. The quantitative estimate of drug-likeness (QED) is 0.746. The van der Waals surface area contributed by atoms with E-state index in [1.54, 1.807) is 0 Å². The molecular formula is C14H8BrF3O. The van der Waals surface area contributed by atoms with Gasteiger partial charge in [-0.2, -0.15) is 0 Å². The zero-order chi connectivity index (χ0) is 14.2. The molecule has 0 saturated carbocycles. The zero-order valence-corrected chi connectivity index (χ0v) is 11.4. The lowest BCUT2D eigenvalue weighted by Gasteiger charge is -2.07. The van der Waals surface area contributed by atoms with E-state index in [1.807, 2.05) is 0 Å². The SMILES string of the molecule is Cc1ccc(F)c(C(=O)c2ccc(Br)cc2F)c1F. The van der Waals surface area contributed by atoms with Gasteiger partial charge in [0.15, 0.2) is 0 Å². The molecule has 0 aliphatic rings. The summed E-state index contributed by atoms with van der Waals surface area (Å²) in [7, 11) is 0. The predicted molar refractivity (Wildman–Crippen MR) is 68.6 cm³/mol. The predicted octanol–water partition coefficient (Wildman–Crippen LogP) is 4.41. The number of carbonyl (C=O) groups is 1. The van der Waals surface area contributed by atoms with Crippen LogP contribution in [0.3, 0.4) is 0 Å². The Morgan fingerprint density at radius 1 is 1.05 bits per heavy atom. The summed E-state index contributed by atoms with van der Waals surface area (Å²) >= 11 is 3.04. The molecule has 0 aliphatic heterocycles. The van der Waals surface area contributed by atoms with Gasteiger partial charge in [-0.05, 0) is 36.8 Å². The molecule has 19 heavy (non-hydrogen) atoms. The van der Waals surface area contributed by atoms with Gasteiger partial charge in [0.25, 0.3) is 0 Å². The Morgan fingerprint density at radius 2 is 1.74 bits per heavy atom. The third-order valence-electron chi connectivity index (χ3n) is 2.69. The van der Waals surface area contributed by atoms with Crippen molar-refractivity contribution in [1.29, 1.82) is 0 Å². The Labute approximate surface area is 116 Å². The summed E-state index contributed by atoms with van der Waals surface area (Å²) in [6.45, 7) is 1.41. The molecule has 0 heterocycles. The van der Waals surface area contributed by atoms with Crippen molar-refractivity contribution >= 4 is 21.7 Å². The Bertz CT molecular complexity index is 668. The van der Waals surface area contributed by atoms with Crippen molar-refractivity contribution < 1.29 is 18.0 Å². The summed E-state index contributed by atoms with van der Waals surface area (Å²) in [6, 6.07) is 5.89. The first-order valence-corrected chi connectivity index (χ1v) is 6.15. The molecule has 98 valence electrons. The molecule has 0 saturated heterocycles. The molecule has 1 nitrogen and oxygen atoms in total. The number of rotatable bonds is 2. The first-order valence-electron chi connectivity index (χ1n) is 5.36. The molecule has 5 heteroatoms. The van der Waals surface area contributed by atoms with Crippen molar-refractivity contribution in [3.63, 3.8) is 0 Å². The zero-order valence-electron chi connectivity index (χ0n) is 9.81. The minimum Gasteiger partial charge on any atom is -0.288 e. The smallest absolute Gasteiger partial charge is 0.201 e. The molecule has 0 unspecified atom stereocenters. The first-order chi connectivity index (χ1) is 8.91. The highest BCUT2D eigenvalue weighted by Crippen LogP contribution is 2.23. The third kappa shape index (κ3) is 2.56. The highest BCUT2D eigenvalue weighted by molar-refractivity contribution is 9.10. The van der Waals surface area contributed by atoms with E-state index < -0.39 is 28.8 Å². The molecule has 0 radical (unpaired) electrons. The number of aryl methyl sites for hydroxylation is 1. The van der Waals surface area contributed by atoms with Crippen LogP contribution in [0.1, 0.15) is 21.5 Å². The lowest BCUT2D eigenvalue weighted by Crippen LogP contribution is -2.10. The van der Waals surface area contributed by atoms with E-state index in [-0.39, 0.29) is 11.1 Å². The maximum atomic E-state index is 13.8. The van der Waals surface area contributed by atoms with Crippen LogP contribution in [-0.4, -0.2) is 5.78 Å². The van der Waals surface area contributed by atoms with Gasteiger partial charge in [-0.1, -0.05) is 22.0 Å². The maximum Gasteiger partial charge on any atom is 0.201 e. The molecule has 2 aromatic rings. The van der Waals surface area contributed by atoms with E-state index in [4.69, 9.17) is 0 Å². The van der Waals surface area contributed by atoms with Crippen molar-refractivity contribution in [1.82, 2.24) is 0 Å². The topological polar surface area (TPSA) is 17.1 Å². The fourth-order valence-electron chi connectivity index (χ4n) is 1.67. The summed E-state index contributed by atoms with van der Waals surface area (Å²) in [5, 5.41) is 0. The van der Waals surface area contributed by atoms with Gasteiger partial charge in [0, 0.05) is 4.47 Å². The van der Waals surface area contributed by atoms with Crippen LogP contribution >= 0.6 is 15.9 Å². The fraction of sp³-hybridized carbons (Fsp3) is 0.0714. The van der Waals surface area contributed by atoms with Gasteiger partial charge in [0.05, 0.1) is 11.1 Å². The summed E-state index contributed by atoms with van der Waals surface area (Å²) < 4.78 is 41.5. The molecule has 0 atom stereocenters. The van der Waals surface area contributed by atoms with E-state index in [9.17, 15) is 18.0 Å². The second-order valence-corrected chi connectivity index (χ2v) is 4.92. The van der Waals surface area contributed by atoms with Gasteiger partial charge in [-0.15, -0.1) is 0 Å². The molecule has 0 spiro atoms. The van der Waals surface area contributed by atoms with Crippen LogP contribution in [0.15, 0.2) is 34.8 Å². The van der Waals surface area contributed by atoms with Crippen LogP contribution in [0.2, 0.25) is 0 Å². The summed E-state index contributed by atoms with van der Waals surface area (Å²) in [5.41, 5.74) is -0.977. The second kappa shape index (κ2) is 5.17. The molecular weight excluding hydrogens is 321 g/mol. The van der Waals surface area contributed by atoms with Gasteiger partial charge >= 0.3 is 0 Å². The third-order valence-corrected chi connectivity index (χ3v) is 3.18. The van der Waals surface area contributed by atoms with E-state index in [0.29, 0.717) is 4.47 Å². The normalized spacial score (nSPS) is 10.6. The first kappa shape index (κ1) is 13.8. The van der Waals surface area contributed by atoms with Gasteiger partial charge in [0.2, 0.25) is 5.78 Å². The number of benzene rings is 2. The van der Waals surface area contributed by atoms with Crippen molar-refractivity contribution in [3.8, 4) is 0 Å². The van der Waals surface area contributed by atoms with E-state index >= 15 is 0 Å². The minimum atomic E-state index is -1.01. The number of halogens is 4. The Kier molecular flexibility index (Phi) is 3.75. The van der Waals surface area contributed by atoms with Gasteiger partial charge < -0.3 is 0 Å². The second-order valence-electron chi connectivity index (χ2n) is 4.01. The van der Waals surface area contributed by atoms with Gasteiger partial charge in [0.1, 0.15) is 17.5 Å². The van der Waals surface area contributed by atoms with Crippen LogP contribution in [0.25, 0.3) is 0 Å². The van der Waals surface area contributed by atoms with Crippen LogP contribution in [0, 0.1) is 24.4 Å². The molecule has 0 fully saturated rings. The highest BCUT2D eigenvalue weighted by Gasteiger charge is 2.22. The molecule has 0 aromatic heterocycles. The minimum absolute atomic E-state index is 0.127. The highest BCUT2D eigenvalue weighted by atomic mass is 79.9. The number of carbonyl (C=O) groups excluding carboxylic acids is 1. The fourth-order valence-corrected chi connectivity index (χ4v) is 2.01. The molecule has 0 aliphatic carbocycles. The van der Waals surface area contributed by atoms with Crippen LogP contribution in [0.4, 0.5) is 13.2 Å². The Balaban J connectivity index is 2.59. The summed E-state index contributed by atoms with van der Waals surface area (Å²) in [5.74, 6) is -3.81. The lowest BCUT2D eigenvalue weighted by atomic mass is 10.00. The average Bonchev–Trinajstić information content (AvgIpc) is 2.34. The van der Waals surface area contributed by atoms with Crippen molar-refractivity contribution in [2.75, 3.05) is 0 Å². The monoisotopic (exact) mass is 328 g/mol. The molecule has 2 aromatic carbocycles. The average molecular weight is 329 g/mol. The number of ketones is 1. The summed E-state index contributed by atoms with van der Waals surface area (Å²) in [4.78, 5) is 12.0. The molecule has 0 amide bonds. The molecule has 0 N–H and O–H groups in total. The van der Waals surface area contributed by atoms with Crippen molar-refractivity contribution in [2.24, 2.45) is 0 Å². The standard InChI is InChI=1S/C14H8BrF3O/c1-7-2-5-10(16)12(13(7)18)14(19)9-4-3-8(15)6-11(9)17/h2-6H,1H3. The largest absolute Gasteiger partial charge is 0.288 e.